The molecule has 33 heavy (non-hydrogen) atoms. The van der Waals surface area contributed by atoms with E-state index < -0.39 is 0 Å². The largest absolute Gasteiger partial charge is 0.421 e. The van der Waals surface area contributed by atoms with Crippen LogP contribution in [-0.4, -0.2) is 38.5 Å². The summed E-state index contributed by atoms with van der Waals surface area (Å²) >= 11 is 1.65. The average molecular weight is 460 g/mol. The molecule has 4 aromatic rings. The molecule has 2 aliphatic rings. The van der Waals surface area contributed by atoms with E-state index in [1.165, 1.54) is 11.1 Å². The van der Waals surface area contributed by atoms with E-state index in [2.05, 4.69) is 32.2 Å². The van der Waals surface area contributed by atoms with Gasteiger partial charge in [0.05, 0.1) is 16.3 Å². The lowest BCUT2D eigenvalue weighted by Gasteiger charge is -2.22. The van der Waals surface area contributed by atoms with E-state index in [1.807, 2.05) is 24.4 Å². The van der Waals surface area contributed by atoms with Crippen molar-refractivity contribution in [3.8, 4) is 11.5 Å². The first-order valence-electron chi connectivity index (χ1n) is 11.6. The molecule has 2 fully saturated rings. The summed E-state index contributed by atoms with van der Waals surface area (Å²) in [6.07, 6.45) is 7.35. The van der Waals surface area contributed by atoms with Gasteiger partial charge in [0.1, 0.15) is 0 Å². The Labute approximate surface area is 195 Å². The van der Waals surface area contributed by atoms with Crippen LogP contribution in [0.1, 0.15) is 55.0 Å². The molecule has 0 N–H and O–H groups in total. The first kappa shape index (κ1) is 20.5. The van der Waals surface area contributed by atoms with Crippen molar-refractivity contribution in [1.29, 1.82) is 0 Å². The Kier molecular flexibility index (Phi) is 5.17. The van der Waals surface area contributed by atoms with E-state index in [1.54, 1.807) is 18.3 Å². The molecule has 1 saturated heterocycles. The first-order chi connectivity index (χ1) is 16.2. The molecule has 1 aliphatic carbocycles. The second-order valence-electron chi connectivity index (χ2n) is 8.94. The predicted octanol–water partition coefficient (Wildman–Crippen LogP) is 5.10. The summed E-state index contributed by atoms with van der Waals surface area (Å²) < 4.78 is 6.81. The van der Waals surface area contributed by atoms with Crippen molar-refractivity contribution in [3.63, 3.8) is 0 Å². The van der Waals surface area contributed by atoms with Crippen LogP contribution >= 0.6 is 11.3 Å². The minimum atomic E-state index is -0.100. The zero-order valence-electron chi connectivity index (χ0n) is 18.5. The monoisotopic (exact) mass is 459 g/mol. The number of hydrogen-bond acceptors (Lipinski definition) is 8. The van der Waals surface area contributed by atoms with Crippen LogP contribution in [0.25, 0.3) is 21.8 Å². The molecule has 0 spiro atoms. The SMILES string of the molecule is Cc1nnc(-c2cnc3nc(N4CCC[C@@H]4C(=O)CCc4ccccc4)sc3c2C2CC2)o1. The summed E-state index contributed by atoms with van der Waals surface area (Å²) in [6.45, 7) is 2.66. The van der Waals surface area contributed by atoms with Gasteiger partial charge in [0.25, 0.3) is 0 Å². The number of carbonyl (C=O) groups is 1. The molecule has 0 amide bonds. The zero-order chi connectivity index (χ0) is 22.4. The van der Waals surface area contributed by atoms with Crippen molar-refractivity contribution in [2.45, 2.75) is 57.4 Å². The number of thiazole rings is 1. The summed E-state index contributed by atoms with van der Waals surface area (Å²) in [5.74, 6) is 1.85. The molecule has 1 atom stereocenters. The van der Waals surface area contributed by atoms with E-state index in [-0.39, 0.29) is 6.04 Å². The summed E-state index contributed by atoms with van der Waals surface area (Å²) in [7, 11) is 0. The van der Waals surface area contributed by atoms with Crippen molar-refractivity contribution in [3.05, 3.63) is 53.5 Å². The van der Waals surface area contributed by atoms with E-state index >= 15 is 0 Å². The van der Waals surface area contributed by atoms with Gasteiger partial charge in [-0.25, -0.2) is 4.98 Å². The number of fused-ring (bicyclic) bond motifs is 1. The Bertz CT molecular complexity index is 1310. The fourth-order valence-corrected chi connectivity index (χ4v) is 5.99. The van der Waals surface area contributed by atoms with Crippen molar-refractivity contribution in [1.82, 2.24) is 20.2 Å². The standard InChI is InChI=1S/C25H25N5O2S/c1-15-28-29-24(32-15)18-14-26-23-22(21(18)17-10-11-17)33-25(27-23)30-13-5-8-19(30)20(31)12-9-16-6-3-2-4-7-16/h2-4,6-7,14,17,19H,5,8-13H2,1H3/t19-/m1/s1. The van der Waals surface area contributed by atoms with Crippen molar-refractivity contribution in [2.75, 3.05) is 11.4 Å². The van der Waals surface area contributed by atoms with Gasteiger partial charge in [0, 0.05) is 26.1 Å². The molecule has 0 unspecified atom stereocenters. The van der Waals surface area contributed by atoms with Crippen LogP contribution in [0.15, 0.2) is 40.9 Å². The molecular formula is C25H25N5O2S. The number of aromatic nitrogens is 4. The molecule has 3 aromatic heterocycles. The second kappa shape index (κ2) is 8.33. The van der Waals surface area contributed by atoms with Gasteiger partial charge < -0.3 is 9.32 Å². The van der Waals surface area contributed by atoms with Crippen molar-refractivity contribution < 1.29 is 9.21 Å². The van der Waals surface area contributed by atoms with Crippen molar-refractivity contribution >= 4 is 32.6 Å². The lowest BCUT2D eigenvalue weighted by atomic mass is 10.0. The molecule has 8 heteroatoms. The van der Waals surface area contributed by atoms with Gasteiger partial charge in [-0.05, 0) is 49.1 Å². The maximum absolute atomic E-state index is 13.1. The Morgan fingerprint density at radius 1 is 1.18 bits per heavy atom. The highest BCUT2D eigenvalue weighted by Gasteiger charge is 2.35. The average Bonchev–Trinajstić information content (AvgIpc) is 3.21. The Morgan fingerprint density at radius 2 is 2.03 bits per heavy atom. The number of ketones is 1. The zero-order valence-corrected chi connectivity index (χ0v) is 19.3. The minimum absolute atomic E-state index is 0.100. The quantitative estimate of drug-likeness (QED) is 0.380. The topological polar surface area (TPSA) is 85.0 Å². The third-order valence-electron chi connectivity index (χ3n) is 6.56. The fraction of sp³-hybridized carbons (Fsp3) is 0.400. The van der Waals surface area contributed by atoms with E-state index in [9.17, 15) is 4.79 Å². The molecule has 0 radical (unpaired) electrons. The number of carbonyl (C=O) groups excluding carboxylic acids is 1. The maximum atomic E-state index is 13.1. The van der Waals surface area contributed by atoms with Gasteiger partial charge in [-0.2, -0.15) is 4.98 Å². The second-order valence-corrected chi connectivity index (χ2v) is 9.92. The van der Waals surface area contributed by atoms with Gasteiger partial charge in [-0.1, -0.05) is 41.7 Å². The van der Waals surface area contributed by atoms with Gasteiger partial charge in [0.2, 0.25) is 11.8 Å². The lowest BCUT2D eigenvalue weighted by Crippen LogP contribution is -2.36. The number of rotatable bonds is 7. The van der Waals surface area contributed by atoms with Gasteiger partial charge in [0.15, 0.2) is 16.6 Å². The third-order valence-corrected chi connectivity index (χ3v) is 7.68. The molecule has 1 aliphatic heterocycles. The minimum Gasteiger partial charge on any atom is -0.421 e. The fourth-order valence-electron chi connectivity index (χ4n) is 4.77. The lowest BCUT2D eigenvalue weighted by molar-refractivity contribution is -0.120. The highest BCUT2D eigenvalue weighted by molar-refractivity contribution is 7.22. The summed E-state index contributed by atoms with van der Waals surface area (Å²) in [4.78, 5) is 24.8. The Morgan fingerprint density at radius 3 is 2.79 bits per heavy atom. The van der Waals surface area contributed by atoms with E-state index in [0.717, 1.165) is 59.7 Å². The summed E-state index contributed by atoms with van der Waals surface area (Å²) in [6, 6.07) is 10.1. The number of aryl methyl sites for hydroxylation is 2. The number of anilines is 1. The summed E-state index contributed by atoms with van der Waals surface area (Å²) in [5.41, 5.74) is 4.09. The molecule has 6 rings (SSSR count). The Hall–Kier alpha value is -3.13. The van der Waals surface area contributed by atoms with Crippen LogP contribution < -0.4 is 4.90 Å². The first-order valence-corrected chi connectivity index (χ1v) is 12.4. The Balaban J connectivity index is 1.30. The number of nitrogens with zero attached hydrogens (tertiary/aromatic N) is 5. The molecule has 1 aromatic carbocycles. The maximum Gasteiger partial charge on any atom is 0.249 e. The normalized spacial score (nSPS) is 18.3. The smallest absolute Gasteiger partial charge is 0.249 e. The molecule has 1 saturated carbocycles. The van der Waals surface area contributed by atoms with E-state index in [4.69, 9.17) is 9.40 Å². The van der Waals surface area contributed by atoms with Crippen LogP contribution in [-0.2, 0) is 11.2 Å². The molecule has 4 heterocycles. The van der Waals surface area contributed by atoms with Gasteiger partial charge in [-0.3, -0.25) is 4.79 Å². The van der Waals surface area contributed by atoms with Gasteiger partial charge in [-0.15, -0.1) is 10.2 Å². The number of pyridine rings is 1. The highest BCUT2D eigenvalue weighted by Crippen LogP contribution is 2.49. The highest BCUT2D eigenvalue weighted by atomic mass is 32.1. The number of benzene rings is 1. The number of hydrogen-bond donors (Lipinski definition) is 0. The molecule has 168 valence electrons. The number of Topliss-reactive ketones (excluding diaryl/α,β-unsaturated/α-hetero) is 1. The van der Waals surface area contributed by atoms with Crippen LogP contribution in [0.2, 0.25) is 0 Å². The van der Waals surface area contributed by atoms with Crippen LogP contribution in [0.3, 0.4) is 0 Å². The predicted molar refractivity (Wildman–Crippen MR) is 128 cm³/mol. The molecule has 7 nitrogen and oxygen atoms in total. The third kappa shape index (κ3) is 3.93. The van der Waals surface area contributed by atoms with E-state index in [0.29, 0.717) is 29.9 Å². The van der Waals surface area contributed by atoms with Crippen LogP contribution in [0.4, 0.5) is 5.13 Å². The molecular weight excluding hydrogens is 434 g/mol. The van der Waals surface area contributed by atoms with Crippen molar-refractivity contribution in [2.24, 2.45) is 0 Å². The summed E-state index contributed by atoms with van der Waals surface area (Å²) in [5, 5.41) is 9.13. The van der Waals surface area contributed by atoms with Gasteiger partial charge >= 0.3 is 0 Å². The van der Waals surface area contributed by atoms with Crippen LogP contribution in [0, 0.1) is 6.92 Å². The van der Waals surface area contributed by atoms with Crippen LogP contribution in [0.5, 0.6) is 0 Å². The molecule has 0 bridgehead atoms.